The van der Waals surface area contributed by atoms with Crippen molar-refractivity contribution in [1.29, 1.82) is 0 Å². The molecule has 0 unspecified atom stereocenters. The Morgan fingerprint density at radius 2 is 2.00 bits per heavy atom. The van der Waals surface area contributed by atoms with Crippen molar-refractivity contribution in [2.24, 2.45) is 14.1 Å². The van der Waals surface area contributed by atoms with Crippen molar-refractivity contribution in [3.05, 3.63) is 26.9 Å². The Kier molecular flexibility index (Phi) is 4.14. The van der Waals surface area contributed by atoms with E-state index in [4.69, 9.17) is 4.74 Å². The molecule has 1 aromatic rings. The fourth-order valence-corrected chi connectivity index (χ4v) is 1.31. The average Bonchev–Trinajstić information content (AvgIpc) is 2.23. The molecule has 15 heavy (non-hydrogen) atoms. The number of rotatable bonds is 4. The summed E-state index contributed by atoms with van der Waals surface area (Å²) in [5.74, 6) is 0.309. The molecule has 0 aliphatic carbocycles. The summed E-state index contributed by atoms with van der Waals surface area (Å²) in [6, 6.07) is 1.32. The van der Waals surface area contributed by atoms with Gasteiger partial charge in [0.2, 0.25) is 5.88 Å². The van der Waals surface area contributed by atoms with Gasteiger partial charge in [-0.05, 0) is 6.42 Å². The highest BCUT2D eigenvalue weighted by atomic mass is 79.9. The third kappa shape index (κ3) is 2.71. The monoisotopic (exact) mass is 276 g/mol. The van der Waals surface area contributed by atoms with Crippen LogP contribution in [0.25, 0.3) is 0 Å². The lowest BCUT2D eigenvalue weighted by atomic mass is 10.5. The fourth-order valence-electron chi connectivity index (χ4n) is 1.08. The van der Waals surface area contributed by atoms with Crippen LogP contribution in [0, 0.1) is 0 Å². The van der Waals surface area contributed by atoms with Gasteiger partial charge in [0.05, 0.1) is 12.7 Å². The number of hydrogen-bond acceptors (Lipinski definition) is 3. The van der Waals surface area contributed by atoms with Crippen LogP contribution in [0.15, 0.2) is 15.7 Å². The Hall–Kier alpha value is -1.04. The minimum absolute atomic E-state index is 0.309. The third-order valence-corrected chi connectivity index (χ3v) is 2.57. The van der Waals surface area contributed by atoms with Crippen LogP contribution in [0.1, 0.15) is 6.42 Å². The van der Waals surface area contributed by atoms with E-state index in [2.05, 4.69) is 15.9 Å². The standard InChI is InChI=1S/C9H13BrN2O3/c1-11-7(13)6-8(12(2)9(11)14)15-5-3-4-10/h6H,3-5H2,1-2H3. The van der Waals surface area contributed by atoms with Gasteiger partial charge in [-0.25, -0.2) is 4.79 Å². The van der Waals surface area contributed by atoms with Crippen LogP contribution in [0.2, 0.25) is 0 Å². The maximum absolute atomic E-state index is 11.5. The zero-order valence-electron chi connectivity index (χ0n) is 8.70. The summed E-state index contributed by atoms with van der Waals surface area (Å²) in [6.45, 7) is 0.478. The number of aromatic nitrogens is 2. The van der Waals surface area contributed by atoms with Crippen molar-refractivity contribution in [1.82, 2.24) is 9.13 Å². The molecule has 6 heteroatoms. The lowest BCUT2D eigenvalue weighted by Gasteiger charge is -2.10. The lowest BCUT2D eigenvalue weighted by molar-refractivity contribution is 0.288. The molecule has 0 N–H and O–H groups in total. The molecule has 0 atom stereocenters. The number of alkyl halides is 1. The zero-order valence-corrected chi connectivity index (χ0v) is 10.3. The van der Waals surface area contributed by atoms with E-state index < -0.39 is 0 Å². The molecule has 0 spiro atoms. The molecule has 1 aromatic heterocycles. The first-order valence-electron chi connectivity index (χ1n) is 4.53. The maximum atomic E-state index is 11.5. The van der Waals surface area contributed by atoms with Crippen molar-refractivity contribution in [2.45, 2.75) is 6.42 Å². The minimum atomic E-state index is -0.378. The van der Waals surface area contributed by atoms with E-state index >= 15 is 0 Å². The fraction of sp³-hybridized carbons (Fsp3) is 0.556. The number of hydrogen-bond donors (Lipinski definition) is 0. The Morgan fingerprint density at radius 3 is 2.60 bits per heavy atom. The first kappa shape index (κ1) is 12.0. The molecule has 1 rings (SSSR count). The van der Waals surface area contributed by atoms with Crippen LogP contribution in [-0.4, -0.2) is 21.1 Å². The third-order valence-electron chi connectivity index (χ3n) is 2.01. The van der Waals surface area contributed by atoms with Crippen molar-refractivity contribution >= 4 is 15.9 Å². The van der Waals surface area contributed by atoms with Gasteiger partial charge >= 0.3 is 5.69 Å². The van der Waals surface area contributed by atoms with Crippen LogP contribution in [0.5, 0.6) is 5.88 Å². The summed E-state index contributed by atoms with van der Waals surface area (Å²) in [7, 11) is 3.01. The van der Waals surface area contributed by atoms with Crippen molar-refractivity contribution in [3.63, 3.8) is 0 Å². The largest absolute Gasteiger partial charge is 0.479 e. The van der Waals surface area contributed by atoms with E-state index in [0.717, 1.165) is 16.3 Å². The summed E-state index contributed by atoms with van der Waals surface area (Å²) in [5.41, 5.74) is -0.733. The summed E-state index contributed by atoms with van der Waals surface area (Å²) in [4.78, 5) is 22.8. The molecule has 0 fully saturated rings. The molecule has 5 nitrogen and oxygen atoms in total. The first-order valence-corrected chi connectivity index (χ1v) is 5.66. The average molecular weight is 277 g/mol. The summed E-state index contributed by atoms with van der Waals surface area (Å²) >= 11 is 3.27. The second kappa shape index (κ2) is 5.16. The Morgan fingerprint density at radius 1 is 1.33 bits per heavy atom. The van der Waals surface area contributed by atoms with E-state index in [9.17, 15) is 9.59 Å². The lowest BCUT2D eigenvalue weighted by Crippen LogP contribution is -2.36. The van der Waals surface area contributed by atoms with Crippen LogP contribution in [0.4, 0.5) is 0 Å². The van der Waals surface area contributed by atoms with Gasteiger partial charge in [0.15, 0.2) is 0 Å². The van der Waals surface area contributed by atoms with Gasteiger partial charge < -0.3 is 4.74 Å². The van der Waals surface area contributed by atoms with Crippen LogP contribution >= 0.6 is 15.9 Å². The SMILES string of the molecule is Cn1c(OCCCBr)cc(=O)n(C)c1=O. The normalized spacial score (nSPS) is 10.3. The summed E-state index contributed by atoms with van der Waals surface area (Å²) in [5, 5.41) is 0.825. The van der Waals surface area contributed by atoms with Gasteiger partial charge in [0.1, 0.15) is 0 Å². The van der Waals surface area contributed by atoms with Crippen molar-refractivity contribution in [2.75, 3.05) is 11.9 Å². The predicted molar refractivity (Wildman–Crippen MR) is 60.8 cm³/mol. The maximum Gasteiger partial charge on any atom is 0.333 e. The van der Waals surface area contributed by atoms with Gasteiger partial charge in [-0.2, -0.15) is 0 Å². The van der Waals surface area contributed by atoms with Gasteiger partial charge in [-0.15, -0.1) is 0 Å². The van der Waals surface area contributed by atoms with E-state index in [1.54, 1.807) is 7.05 Å². The molecule has 0 bridgehead atoms. The Balaban J connectivity index is 3.00. The van der Waals surface area contributed by atoms with Gasteiger partial charge in [0.25, 0.3) is 5.56 Å². The topological polar surface area (TPSA) is 53.2 Å². The molecule has 84 valence electrons. The number of nitrogens with zero attached hydrogens (tertiary/aromatic N) is 2. The number of halogens is 1. The van der Waals surface area contributed by atoms with Gasteiger partial charge in [-0.1, -0.05) is 15.9 Å². The Labute approximate surface area is 95.4 Å². The molecule has 0 amide bonds. The summed E-state index contributed by atoms with van der Waals surface area (Å²) < 4.78 is 7.67. The molecule has 0 radical (unpaired) electrons. The smallest absolute Gasteiger partial charge is 0.333 e. The second-order valence-electron chi connectivity index (χ2n) is 3.11. The molecule has 0 aromatic carbocycles. The van der Waals surface area contributed by atoms with Crippen LogP contribution in [0.3, 0.4) is 0 Å². The Bertz CT molecular complexity index is 450. The van der Waals surface area contributed by atoms with E-state index in [0.29, 0.717) is 12.5 Å². The summed E-state index contributed by atoms with van der Waals surface area (Å²) in [6.07, 6.45) is 0.823. The quantitative estimate of drug-likeness (QED) is 0.585. The molecule has 0 saturated carbocycles. The van der Waals surface area contributed by atoms with Crippen molar-refractivity contribution < 1.29 is 4.74 Å². The molecular weight excluding hydrogens is 264 g/mol. The van der Waals surface area contributed by atoms with E-state index in [-0.39, 0.29) is 11.2 Å². The molecule has 0 aliphatic rings. The predicted octanol–water partition coefficient (Wildman–Crippen LogP) is 0.248. The first-order chi connectivity index (χ1) is 7.07. The van der Waals surface area contributed by atoms with Gasteiger partial charge in [-0.3, -0.25) is 13.9 Å². The second-order valence-corrected chi connectivity index (χ2v) is 3.91. The highest BCUT2D eigenvalue weighted by Gasteiger charge is 2.05. The molecule has 0 saturated heterocycles. The van der Waals surface area contributed by atoms with Crippen molar-refractivity contribution in [3.8, 4) is 5.88 Å². The zero-order chi connectivity index (χ0) is 11.4. The van der Waals surface area contributed by atoms with E-state index in [1.807, 2.05) is 0 Å². The van der Waals surface area contributed by atoms with E-state index in [1.165, 1.54) is 17.7 Å². The molecule has 1 heterocycles. The molecular formula is C9H13BrN2O3. The van der Waals surface area contributed by atoms with Crippen LogP contribution < -0.4 is 16.0 Å². The minimum Gasteiger partial charge on any atom is -0.479 e. The number of ether oxygens (including phenoxy) is 1. The van der Waals surface area contributed by atoms with Gasteiger partial charge in [0, 0.05) is 19.4 Å². The highest BCUT2D eigenvalue weighted by molar-refractivity contribution is 9.09. The molecule has 0 aliphatic heterocycles. The highest BCUT2D eigenvalue weighted by Crippen LogP contribution is 2.02. The van der Waals surface area contributed by atoms with Crippen LogP contribution in [-0.2, 0) is 14.1 Å².